The number of fused-ring (bicyclic) bond motifs is 1. The number of pyridine rings is 1. The lowest BCUT2D eigenvalue weighted by Gasteiger charge is -2.09. The molecule has 6 heteroatoms. The topological polar surface area (TPSA) is 48.5 Å². The maximum atomic E-state index is 13.5. The first-order valence-electron chi connectivity index (χ1n) is 7.85. The smallest absolute Gasteiger partial charge is 0.159 e. The molecule has 4 rings (SSSR count). The summed E-state index contributed by atoms with van der Waals surface area (Å²) in [6.45, 7) is 2.86. The van der Waals surface area contributed by atoms with Gasteiger partial charge in [0, 0.05) is 25.4 Å². The number of hydrogen-bond donors (Lipinski definition) is 0. The van der Waals surface area contributed by atoms with Crippen molar-refractivity contribution < 1.29 is 4.39 Å². The molecule has 0 amide bonds. The van der Waals surface area contributed by atoms with Crippen molar-refractivity contribution in [2.45, 2.75) is 19.9 Å². The van der Waals surface area contributed by atoms with E-state index in [1.165, 1.54) is 12.1 Å². The van der Waals surface area contributed by atoms with E-state index in [0.29, 0.717) is 12.1 Å². The van der Waals surface area contributed by atoms with Crippen LogP contribution < -0.4 is 0 Å². The van der Waals surface area contributed by atoms with Gasteiger partial charge in [0.15, 0.2) is 5.65 Å². The fourth-order valence-corrected chi connectivity index (χ4v) is 2.94. The van der Waals surface area contributed by atoms with Crippen molar-refractivity contribution in [2.24, 2.45) is 0 Å². The van der Waals surface area contributed by atoms with Gasteiger partial charge in [-0.3, -0.25) is 0 Å². The lowest BCUT2D eigenvalue weighted by atomic mass is 10.2. The van der Waals surface area contributed by atoms with E-state index < -0.39 is 0 Å². The van der Waals surface area contributed by atoms with E-state index >= 15 is 0 Å². The predicted octanol–water partition coefficient (Wildman–Crippen LogP) is 3.37. The normalized spacial score (nSPS) is 11.2. The van der Waals surface area contributed by atoms with E-state index in [1.807, 2.05) is 24.3 Å². The summed E-state index contributed by atoms with van der Waals surface area (Å²) in [6, 6.07) is 12.2. The summed E-state index contributed by atoms with van der Waals surface area (Å²) in [5, 5.41) is 4.33. The highest BCUT2D eigenvalue weighted by atomic mass is 19.1. The van der Waals surface area contributed by atoms with E-state index in [9.17, 15) is 4.39 Å². The average molecular weight is 321 g/mol. The lowest BCUT2D eigenvalue weighted by Crippen LogP contribution is -2.08. The van der Waals surface area contributed by atoms with Gasteiger partial charge in [0.2, 0.25) is 0 Å². The van der Waals surface area contributed by atoms with Crippen LogP contribution in [0, 0.1) is 5.82 Å². The fraction of sp³-hybridized carbons (Fsp3) is 0.167. The number of imidazole rings is 1. The maximum absolute atomic E-state index is 13.5. The summed E-state index contributed by atoms with van der Waals surface area (Å²) in [6.07, 6.45) is 4.09. The van der Waals surface area contributed by atoms with Crippen molar-refractivity contribution in [3.63, 3.8) is 0 Å². The third kappa shape index (κ3) is 2.46. The van der Waals surface area contributed by atoms with Crippen molar-refractivity contribution in [3.8, 4) is 5.69 Å². The van der Waals surface area contributed by atoms with Crippen LogP contribution in [0.25, 0.3) is 16.9 Å². The monoisotopic (exact) mass is 321 g/mol. The molecular formula is C18H16FN5. The maximum Gasteiger partial charge on any atom is 0.159 e. The van der Waals surface area contributed by atoms with Crippen LogP contribution in [0.2, 0.25) is 0 Å². The number of hydrogen-bond acceptors (Lipinski definition) is 3. The Bertz CT molecular complexity index is 1000. The van der Waals surface area contributed by atoms with Crippen LogP contribution in [0.5, 0.6) is 0 Å². The number of aryl methyl sites for hydroxylation is 1. The summed E-state index contributed by atoms with van der Waals surface area (Å²) >= 11 is 0. The van der Waals surface area contributed by atoms with E-state index in [4.69, 9.17) is 4.98 Å². The number of nitrogens with zero attached hydrogens (tertiary/aromatic N) is 5. The third-order valence-electron chi connectivity index (χ3n) is 4.01. The second-order valence-electron chi connectivity index (χ2n) is 5.51. The summed E-state index contributed by atoms with van der Waals surface area (Å²) in [7, 11) is 0. The molecule has 3 heterocycles. The van der Waals surface area contributed by atoms with Crippen LogP contribution in [0.3, 0.4) is 0 Å². The van der Waals surface area contributed by atoms with Gasteiger partial charge < -0.3 is 4.57 Å². The standard InChI is InChI=1S/C18H16FN5/c1-2-23-17(22-16-7-4-9-20-18(16)23)12-15-8-10-21-24(15)14-6-3-5-13(19)11-14/h3-11H,2,12H2,1H3. The Morgan fingerprint density at radius 2 is 2.00 bits per heavy atom. The molecule has 4 aromatic rings. The second-order valence-corrected chi connectivity index (χ2v) is 5.51. The van der Waals surface area contributed by atoms with Crippen molar-refractivity contribution in [1.29, 1.82) is 0 Å². The van der Waals surface area contributed by atoms with Gasteiger partial charge in [0.25, 0.3) is 0 Å². The SMILES string of the molecule is CCn1c(Cc2ccnn2-c2cccc(F)c2)nc2cccnc21. The number of halogens is 1. The van der Waals surface area contributed by atoms with Crippen molar-refractivity contribution in [1.82, 2.24) is 24.3 Å². The van der Waals surface area contributed by atoms with E-state index in [2.05, 4.69) is 21.6 Å². The van der Waals surface area contributed by atoms with Gasteiger partial charge in [0.1, 0.15) is 17.2 Å². The van der Waals surface area contributed by atoms with E-state index in [0.717, 1.165) is 29.2 Å². The molecule has 0 N–H and O–H groups in total. The quantitative estimate of drug-likeness (QED) is 0.579. The molecule has 0 aliphatic rings. The van der Waals surface area contributed by atoms with E-state index in [-0.39, 0.29) is 5.82 Å². The largest absolute Gasteiger partial charge is 0.313 e. The minimum absolute atomic E-state index is 0.279. The third-order valence-corrected chi connectivity index (χ3v) is 4.01. The first kappa shape index (κ1) is 14.6. The summed E-state index contributed by atoms with van der Waals surface area (Å²) < 4.78 is 17.4. The van der Waals surface area contributed by atoms with Crippen LogP contribution >= 0.6 is 0 Å². The molecule has 0 radical (unpaired) electrons. The number of aromatic nitrogens is 5. The highest BCUT2D eigenvalue weighted by Gasteiger charge is 2.14. The zero-order valence-electron chi connectivity index (χ0n) is 13.2. The summed E-state index contributed by atoms with van der Waals surface area (Å²) in [5.74, 6) is 0.642. The Balaban J connectivity index is 1.76. The summed E-state index contributed by atoms with van der Waals surface area (Å²) in [5.41, 5.74) is 3.41. The fourth-order valence-electron chi connectivity index (χ4n) is 2.94. The van der Waals surface area contributed by atoms with Gasteiger partial charge >= 0.3 is 0 Å². The van der Waals surface area contributed by atoms with Gasteiger partial charge in [-0.2, -0.15) is 5.10 Å². The van der Waals surface area contributed by atoms with E-state index in [1.54, 1.807) is 23.1 Å². The molecule has 0 spiro atoms. The highest BCUT2D eigenvalue weighted by Crippen LogP contribution is 2.18. The molecule has 1 aromatic carbocycles. The zero-order chi connectivity index (χ0) is 16.5. The molecule has 0 fully saturated rings. The first-order chi connectivity index (χ1) is 11.8. The Morgan fingerprint density at radius 1 is 1.08 bits per heavy atom. The molecule has 0 saturated carbocycles. The minimum atomic E-state index is -0.279. The lowest BCUT2D eigenvalue weighted by molar-refractivity contribution is 0.624. The predicted molar refractivity (Wildman–Crippen MR) is 89.5 cm³/mol. The Morgan fingerprint density at radius 3 is 2.83 bits per heavy atom. The molecule has 0 bridgehead atoms. The Kier molecular flexibility index (Phi) is 3.57. The second kappa shape index (κ2) is 5.88. The molecular weight excluding hydrogens is 305 g/mol. The molecule has 0 aliphatic carbocycles. The molecule has 5 nitrogen and oxygen atoms in total. The molecule has 0 aliphatic heterocycles. The van der Waals surface area contributed by atoms with Crippen molar-refractivity contribution in [2.75, 3.05) is 0 Å². The zero-order valence-corrected chi connectivity index (χ0v) is 13.2. The average Bonchev–Trinajstić information content (AvgIpc) is 3.19. The Hall–Kier alpha value is -3.02. The van der Waals surface area contributed by atoms with Crippen LogP contribution in [-0.2, 0) is 13.0 Å². The van der Waals surface area contributed by atoms with Crippen molar-refractivity contribution in [3.05, 3.63) is 72.2 Å². The van der Waals surface area contributed by atoms with Crippen molar-refractivity contribution >= 4 is 11.2 Å². The Labute approximate surface area is 138 Å². The van der Waals surface area contributed by atoms with Crippen LogP contribution in [0.4, 0.5) is 4.39 Å². The molecule has 24 heavy (non-hydrogen) atoms. The summed E-state index contributed by atoms with van der Waals surface area (Å²) in [4.78, 5) is 9.12. The molecule has 3 aromatic heterocycles. The van der Waals surface area contributed by atoms with Gasteiger partial charge in [0.05, 0.1) is 11.4 Å². The number of rotatable bonds is 4. The first-order valence-corrected chi connectivity index (χ1v) is 7.85. The van der Waals surface area contributed by atoms with Crippen LogP contribution in [0.1, 0.15) is 18.4 Å². The van der Waals surface area contributed by atoms with Gasteiger partial charge in [-0.15, -0.1) is 0 Å². The molecule has 120 valence electrons. The molecule has 0 unspecified atom stereocenters. The highest BCUT2D eigenvalue weighted by molar-refractivity contribution is 5.71. The van der Waals surface area contributed by atoms with Gasteiger partial charge in [-0.25, -0.2) is 19.0 Å². The van der Waals surface area contributed by atoms with Gasteiger partial charge in [-0.05, 0) is 43.3 Å². The van der Waals surface area contributed by atoms with Crippen LogP contribution in [-0.4, -0.2) is 24.3 Å². The van der Waals surface area contributed by atoms with Crippen LogP contribution in [0.15, 0.2) is 54.9 Å². The molecule has 0 saturated heterocycles. The minimum Gasteiger partial charge on any atom is -0.313 e. The number of benzene rings is 1. The molecule has 0 atom stereocenters. The van der Waals surface area contributed by atoms with Gasteiger partial charge in [-0.1, -0.05) is 6.07 Å².